The van der Waals surface area contributed by atoms with Crippen molar-refractivity contribution in [3.8, 4) is 0 Å². The van der Waals surface area contributed by atoms with Gasteiger partial charge >= 0.3 is 5.97 Å². The largest absolute Gasteiger partial charge is 0.469 e. The number of amides is 1. The van der Waals surface area contributed by atoms with Gasteiger partial charge in [-0.2, -0.15) is 0 Å². The lowest BCUT2D eigenvalue weighted by molar-refractivity contribution is -0.145. The van der Waals surface area contributed by atoms with Crippen LogP contribution in [-0.4, -0.2) is 37.0 Å². The zero-order valence-corrected chi connectivity index (χ0v) is 15.1. The SMILES string of the molecule is CCCCCN(CC(C)C(=O)OC)C(=O)c1ccccc1Br. The van der Waals surface area contributed by atoms with Crippen LogP contribution < -0.4 is 0 Å². The van der Waals surface area contributed by atoms with E-state index in [9.17, 15) is 9.59 Å². The van der Waals surface area contributed by atoms with Crippen LogP contribution in [0.3, 0.4) is 0 Å². The molecule has 4 nitrogen and oxygen atoms in total. The van der Waals surface area contributed by atoms with Gasteiger partial charge in [0, 0.05) is 17.6 Å². The Morgan fingerprint density at radius 2 is 1.95 bits per heavy atom. The van der Waals surface area contributed by atoms with Crippen LogP contribution in [0.1, 0.15) is 43.5 Å². The molecule has 0 aliphatic rings. The number of nitrogens with zero attached hydrogens (tertiary/aromatic N) is 1. The Kier molecular flexibility index (Phi) is 8.17. The van der Waals surface area contributed by atoms with Crippen LogP contribution >= 0.6 is 15.9 Å². The van der Waals surface area contributed by atoms with Gasteiger partial charge in [0.25, 0.3) is 5.91 Å². The molecule has 0 aliphatic heterocycles. The summed E-state index contributed by atoms with van der Waals surface area (Å²) in [7, 11) is 1.37. The van der Waals surface area contributed by atoms with Crippen molar-refractivity contribution in [2.75, 3.05) is 20.2 Å². The fourth-order valence-electron chi connectivity index (χ4n) is 2.24. The van der Waals surface area contributed by atoms with Gasteiger partial charge < -0.3 is 9.64 Å². The third kappa shape index (κ3) is 5.44. The minimum atomic E-state index is -0.335. The van der Waals surface area contributed by atoms with Gasteiger partial charge in [-0.15, -0.1) is 0 Å². The monoisotopic (exact) mass is 369 g/mol. The molecule has 0 aromatic heterocycles. The van der Waals surface area contributed by atoms with E-state index >= 15 is 0 Å². The third-order valence-electron chi connectivity index (χ3n) is 3.52. The molecule has 0 saturated carbocycles. The van der Waals surface area contributed by atoms with Crippen LogP contribution in [0.5, 0.6) is 0 Å². The van der Waals surface area contributed by atoms with Crippen LogP contribution in [0.15, 0.2) is 28.7 Å². The van der Waals surface area contributed by atoms with Crippen molar-refractivity contribution in [2.24, 2.45) is 5.92 Å². The molecule has 0 radical (unpaired) electrons. The first-order valence-electron chi connectivity index (χ1n) is 7.62. The molecule has 0 heterocycles. The van der Waals surface area contributed by atoms with Gasteiger partial charge in [0.1, 0.15) is 0 Å². The fourth-order valence-corrected chi connectivity index (χ4v) is 2.69. The molecule has 1 unspecified atom stereocenters. The van der Waals surface area contributed by atoms with E-state index in [2.05, 4.69) is 22.9 Å². The van der Waals surface area contributed by atoms with Gasteiger partial charge in [-0.05, 0) is 34.5 Å². The van der Waals surface area contributed by atoms with E-state index in [1.807, 2.05) is 18.2 Å². The van der Waals surface area contributed by atoms with E-state index in [1.54, 1.807) is 17.9 Å². The van der Waals surface area contributed by atoms with Gasteiger partial charge in [0.2, 0.25) is 0 Å². The number of halogens is 1. The molecule has 0 spiro atoms. The Hall–Kier alpha value is -1.36. The van der Waals surface area contributed by atoms with Crippen LogP contribution in [0, 0.1) is 5.92 Å². The average Bonchev–Trinajstić information content (AvgIpc) is 2.53. The molecule has 0 saturated heterocycles. The summed E-state index contributed by atoms with van der Waals surface area (Å²) < 4.78 is 5.53. The number of hydrogen-bond acceptors (Lipinski definition) is 3. The molecular formula is C17H24BrNO3. The molecule has 0 aliphatic carbocycles. The maximum absolute atomic E-state index is 12.8. The van der Waals surface area contributed by atoms with Crippen molar-refractivity contribution in [2.45, 2.75) is 33.1 Å². The Labute approximate surface area is 141 Å². The molecule has 1 aromatic rings. The predicted molar refractivity (Wildman–Crippen MR) is 90.8 cm³/mol. The first-order valence-corrected chi connectivity index (χ1v) is 8.42. The molecule has 1 amide bonds. The number of carbonyl (C=O) groups is 2. The quantitative estimate of drug-likeness (QED) is 0.515. The average molecular weight is 370 g/mol. The summed E-state index contributed by atoms with van der Waals surface area (Å²) >= 11 is 3.42. The number of ether oxygens (including phenoxy) is 1. The normalized spacial score (nSPS) is 11.8. The maximum Gasteiger partial charge on any atom is 0.310 e. The number of unbranched alkanes of at least 4 members (excludes halogenated alkanes) is 2. The van der Waals surface area contributed by atoms with Crippen LogP contribution in [-0.2, 0) is 9.53 Å². The molecule has 0 N–H and O–H groups in total. The molecule has 1 rings (SSSR count). The summed E-state index contributed by atoms with van der Waals surface area (Å²) in [5, 5.41) is 0. The highest BCUT2D eigenvalue weighted by Gasteiger charge is 2.23. The van der Waals surface area contributed by atoms with Gasteiger partial charge in [0.05, 0.1) is 18.6 Å². The number of benzene rings is 1. The number of carbonyl (C=O) groups excluding carboxylic acids is 2. The van der Waals surface area contributed by atoms with Gasteiger partial charge in [-0.3, -0.25) is 9.59 Å². The lowest BCUT2D eigenvalue weighted by Gasteiger charge is -2.25. The summed E-state index contributed by atoms with van der Waals surface area (Å²) in [6, 6.07) is 7.36. The molecule has 5 heteroatoms. The summed E-state index contributed by atoms with van der Waals surface area (Å²) in [5.41, 5.74) is 0.621. The van der Waals surface area contributed by atoms with E-state index in [1.165, 1.54) is 7.11 Å². The Morgan fingerprint density at radius 3 is 2.55 bits per heavy atom. The minimum Gasteiger partial charge on any atom is -0.469 e. The number of rotatable bonds is 8. The van der Waals surface area contributed by atoms with Gasteiger partial charge in [-0.1, -0.05) is 38.8 Å². The second kappa shape index (κ2) is 9.62. The van der Waals surface area contributed by atoms with E-state index in [4.69, 9.17) is 4.74 Å². The number of methoxy groups -OCH3 is 1. The van der Waals surface area contributed by atoms with Crippen molar-refractivity contribution in [1.29, 1.82) is 0 Å². The van der Waals surface area contributed by atoms with Crippen LogP contribution in [0.2, 0.25) is 0 Å². The predicted octanol–water partition coefficient (Wildman–Crippen LogP) is 3.89. The lowest BCUT2D eigenvalue weighted by atomic mass is 10.1. The second-order valence-electron chi connectivity index (χ2n) is 5.36. The van der Waals surface area contributed by atoms with E-state index < -0.39 is 0 Å². The second-order valence-corrected chi connectivity index (χ2v) is 6.22. The summed E-state index contributed by atoms with van der Waals surface area (Å²) in [6.45, 7) is 4.93. The highest BCUT2D eigenvalue weighted by molar-refractivity contribution is 9.10. The standard InChI is InChI=1S/C17H24BrNO3/c1-4-5-8-11-19(12-13(2)17(21)22-3)16(20)14-9-6-7-10-15(14)18/h6-7,9-10,13H,4-5,8,11-12H2,1-3H3. The maximum atomic E-state index is 12.8. The zero-order chi connectivity index (χ0) is 16.5. The summed E-state index contributed by atoms with van der Waals surface area (Å²) in [4.78, 5) is 26.1. The Balaban J connectivity index is 2.86. The van der Waals surface area contributed by atoms with Crippen molar-refractivity contribution in [3.63, 3.8) is 0 Å². The smallest absolute Gasteiger partial charge is 0.310 e. The van der Waals surface area contributed by atoms with Gasteiger partial charge in [0.15, 0.2) is 0 Å². The van der Waals surface area contributed by atoms with E-state index in [-0.39, 0.29) is 17.8 Å². The summed E-state index contributed by atoms with van der Waals surface area (Å²) in [6.07, 6.45) is 3.08. The molecule has 1 atom stereocenters. The highest BCUT2D eigenvalue weighted by atomic mass is 79.9. The van der Waals surface area contributed by atoms with Crippen LogP contribution in [0.4, 0.5) is 0 Å². The van der Waals surface area contributed by atoms with Crippen LogP contribution in [0.25, 0.3) is 0 Å². The topological polar surface area (TPSA) is 46.6 Å². The Morgan fingerprint density at radius 1 is 1.27 bits per heavy atom. The van der Waals surface area contributed by atoms with Gasteiger partial charge in [-0.25, -0.2) is 0 Å². The minimum absolute atomic E-state index is 0.0562. The van der Waals surface area contributed by atoms with Crippen molar-refractivity contribution < 1.29 is 14.3 Å². The first-order chi connectivity index (χ1) is 10.5. The fraction of sp³-hybridized carbons (Fsp3) is 0.529. The Bertz CT molecular complexity index is 504. The van der Waals surface area contributed by atoms with Crippen molar-refractivity contribution in [1.82, 2.24) is 4.90 Å². The molecule has 0 bridgehead atoms. The molecular weight excluding hydrogens is 346 g/mol. The summed E-state index contributed by atoms with van der Waals surface area (Å²) in [5.74, 6) is -0.683. The number of hydrogen-bond donors (Lipinski definition) is 0. The molecule has 122 valence electrons. The third-order valence-corrected chi connectivity index (χ3v) is 4.21. The zero-order valence-electron chi connectivity index (χ0n) is 13.5. The first kappa shape index (κ1) is 18.7. The number of esters is 1. The van der Waals surface area contributed by atoms with E-state index in [0.717, 1.165) is 23.7 Å². The van der Waals surface area contributed by atoms with Crippen molar-refractivity contribution in [3.05, 3.63) is 34.3 Å². The lowest BCUT2D eigenvalue weighted by Crippen LogP contribution is -2.38. The van der Waals surface area contributed by atoms with E-state index in [0.29, 0.717) is 18.7 Å². The highest BCUT2D eigenvalue weighted by Crippen LogP contribution is 2.19. The van der Waals surface area contributed by atoms with Crippen molar-refractivity contribution >= 4 is 27.8 Å². The molecule has 0 fully saturated rings. The molecule has 22 heavy (non-hydrogen) atoms. The molecule has 1 aromatic carbocycles.